The summed E-state index contributed by atoms with van der Waals surface area (Å²) in [4.78, 5) is 0. The Balaban J connectivity index is 2.41. The lowest BCUT2D eigenvalue weighted by Crippen LogP contribution is -2.37. The Morgan fingerprint density at radius 3 is 3.11 bits per heavy atom. The zero-order valence-electron chi connectivity index (χ0n) is 5.48. The fourth-order valence-electron chi connectivity index (χ4n) is 0.988. The third kappa shape index (κ3) is 1.68. The molecule has 1 atom stereocenters. The van der Waals surface area contributed by atoms with Crippen LogP contribution in [-0.4, -0.2) is 18.4 Å². The van der Waals surface area contributed by atoms with Crippen LogP contribution in [0.1, 0.15) is 19.3 Å². The highest BCUT2D eigenvalue weighted by Gasteiger charge is 2.11. The van der Waals surface area contributed by atoms with Crippen molar-refractivity contribution in [2.24, 2.45) is 5.73 Å². The van der Waals surface area contributed by atoms with Gasteiger partial charge in [-0.2, -0.15) is 0 Å². The van der Waals surface area contributed by atoms with Crippen LogP contribution in [0.5, 0.6) is 0 Å². The van der Waals surface area contributed by atoms with Gasteiger partial charge in [0.05, 0.1) is 6.04 Å². The van der Waals surface area contributed by atoms with Crippen LogP contribution >= 0.6 is 0 Å². The molecule has 4 N–H and O–H groups in total. The quantitative estimate of drug-likeness (QED) is 0.431. The molecule has 1 fully saturated rings. The van der Waals surface area contributed by atoms with Gasteiger partial charge in [0.2, 0.25) is 0 Å². The zero-order valence-corrected chi connectivity index (χ0v) is 5.48. The maximum absolute atomic E-state index is 7.30. The summed E-state index contributed by atoms with van der Waals surface area (Å²) in [5, 5.41) is 10.3. The molecular weight excluding hydrogens is 114 g/mol. The first-order valence-electron chi connectivity index (χ1n) is 3.38. The summed E-state index contributed by atoms with van der Waals surface area (Å²) in [6, 6.07) is -0.0347. The van der Waals surface area contributed by atoms with Crippen molar-refractivity contribution >= 4 is 5.84 Å². The van der Waals surface area contributed by atoms with Crippen LogP contribution in [-0.2, 0) is 0 Å². The van der Waals surface area contributed by atoms with Crippen molar-refractivity contribution in [3.8, 4) is 0 Å². The first-order chi connectivity index (χ1) is 4.30. The van der Waals surface area contributed by atoms with Gasteiger partial charge in [-0.3, -0.25) is 5.41 Å². The van der Waals surface area contributed by atoms with E-state index in [0.29, 0.717) is 5.84 Å². The van der Waals surface area contributed by atoms with E-state index in [1.807, 2.05) is 0 Å². The Kier molecular flexibility index (Phi) is 2.05. The van der Waals surface area contributed by atoms with Gasteiger partial charge in [0.15, 0.2) is 0 Å². The topological polar surface area (TPSA) is 61.9 Å². The van der Waals surface area contributed by atoms with E-state index in [0.717, 1.165) is 25.8 Å². The Morgan fingerprint density at radius 1 is 1.56 bits per heavy atom. The molecule has 1 heterocycles. The summed E-state index contributed by atoms with van der Waals surface area (Å²) in [5.41, 5.74) is 5.59. The lowest BCUT2D eigenvalue weighted by Gasteiger charge is -2.07. The number of hydrogen-bond donors (Lipinski definition) is 3. The molecule has 0 aliphatic carbocycles. The van der Waals surface area contributed by atoms with Crippen molar-refractivity contribution in [2.45, 2.75) is 25.3 Å². The normalized spacial score (nSPS) is 29.0. The SMILES string of the molecule is N=C1NCCCCC1N. The van der Waals surface area contributed by atoms with E-state index in [-0.39, 0.29) is 6.04 Å². The molecule has 0 aromatic heterocycles. The summed E-state index contributed by atoms with van der Waals surface area (Å²) in [6.07, 6.45) is 3.26. The summed E-state index contributed by atoms with van der Waals surface area (Å²) in [5.74, 6) is 0.507. The standard InChI is InChI=1S/C6H13N3/c7-5-3-1-2-4-9-6(5)8/h5H,1-4,7H2,(H2,8,9). The van der Waals surface area contributed by atoms with Gasteiger partial charge in [-0.25, -0.2) is 0 Å². The summed E-state index contributed by atoms with van der Waals surface area (Å²) in [6.45, 7) is 0.923. The van der Waals surface area contributed by atoms with E-state index in [1.54, 1.807) is 0 Å². The summed E-state index contributed by atoms with van der Waals surface area (Å²) in [7, 11) is 0. The molecule has 1 aliphatic rings. The second kappa shape index (κ2) is 2.82. The van der Waals surface area contributed by atoms with Gasteiger partial charge in [-0.15, -0.1) is 0 Å². The minimum atomic E-state index is -0.0347. The molecule has 0 spiro atoms. The number of nitrogens with one attached hydrogen (secondary N) is 2. The third-order valence-corrected chi connectivity index (χ3v) is 1.63. The highest BCUT2D eigenvalue weighted by atomic mass is 15.0. The Labute approximate surface area is 55.1 Å². The summed E-state index contributed by atoms with van der Waals surface area (Å²) < 4.78 is 0. The maximum Gasteiger partial charge on any atom is 0.110 e. The molecule has 0 aromatic carbocycles. The fraction of sp³-hybridized carbons (Fsp3) is 0.833. The van der Waals surface area contributed by atoms with Crippen LogP contribution in [0.4, 0.5) is 0 Å². The monoisotopic (exact) mass is 127 g/mol. The van der Waals surface area contributed by atoms with Crippen LogP contribution in [0.3, 0.4) is 0 Å². The molecule has 0 amide bonds. The average Bonchev–Trinajstić information content (AvgIpc) is 1.99. The second-order valence-corrected chi connectivity index (χ2v) is 2.44. The molecule has 0 bridgehead atoms. The van der Waals surface area contributed by atoms with E-state index in [2.05, 4.69) is 5.32 Å². The van der Waals surface area contributed by atoms with Gasteiger partial charge in [0.1, 0.15) is 5.84 Å². The van der Waals surface area contributed by atoms with Crippen molar-refractivity contribution < 1.29 is 0 Å². The highest BCUT2D eigenvalue weighted by Crippen LogP contribution is 2.02. The lowest BCUT2D eigenvalue weighted by molar-refractivity contribution is 0.681. The third-order valence-electron chi connectivity index (χ3n) is 1.63. The number of rotatable bonds is 0. The van der Waals surface area contributed by atoms with Crippen LogP contribution in [0.25, 0.3) is 0 Å². The molecule has 52 valence electrons. The minimum Gasteiger partial charge on any atom is -0.373 e. The van der Waals surface area contributed by atoms with Gasteiger partial charge in [0, 0.05) is 6.54 Å². The largest absolute Gasteiger partial charge is 0.373 e. The Bertz CT molecular complexity index is 111. The highest BCUT2D eigenvalue weighted by molar-refractivity contribution is 5.84. The lowest BCUT2D eigenvalue weighted by atomic mass is 10.1. The molecule has 1 saturated heterocycles. The van der Waals surface area contributed by atoms with Crippen molar-refractivity contribution in [1.82, 2.24) is 5.32 Å². The van der Waals surface area contributed by atoms with Crippen molar-refractivity contribution in [2.75, 3.05) is 6.54 Å². The number of nitrogens with two attached hydrogens (primary N) is 1. The first kappa shape index (κ1) is 6.55. The van der Waals surface area contributed by atoms with E-state index >= 15 is 0 Å². The average molecular weight is 127 g/mol. The minimum absolute atomic E-state index is 0.0347. The molecule has 0 radical (unpaired) electrons. The van der Waals surface area contributed by atoms with E-state index in [4.69, 9.17) is 11.1 Å². The van der Waals surface area contributed by atoms with Crippen molar-refractivity contribution in [1.29, 1.82) is 5.41 Å². The number of amidine groups is 1. The maximum atomic E-state index is 7.30. The van der Waals surface area contributed by atoms with E-state index in [9.17, 15) is 0 Å². The van der Waals surface area contributed by atoms with Crippen LogP contribution in [0, 0.1) is 5.41 Å². The molecule has 1 unspecified atom stereocenters. The van der Waals surface area contributed by atoms with Crippen molar-refractivity contribution in [3.05, 3.63) is 0 Å². The Morgan fingerprint density at radius 2 is 2.33 bits per heavy atom. The summed E-state index contributed by atoms with van der Waals surface area (Å²) >= 11 is 0. The molecule has 3 nitrogen and oxygen atoms in total. The van der Waals surface area contributed by atoms with Gasteiger partial charge in [0.25, 0.3) is 0 Å². The smallest absolute Gasteiger partial charge is 0.110 e. The molecule has 0 saturated carbocycles. The van der Waals surface area contributed by atoms with E-state index < -0.39 is 0 Å². The van der Waals surface area contributed by atoms with Gasteiger partial charge in [-0.1, -0.05) is 0 Å². The van der Waals surface area contributed by atoms with Gasteiger partial charge >= 0.3 is 0 Å². The van der Waals surface area contributed by atoms with E-state index in [1.165, 1.54) is 0 Å². The molecular formula is C6H13N3. The van der Waals surface area contributed by atoms with Gasteiger partial charge in [-0.05, 0) is 19.3 Å². The second-order valence-electron chi connectivity index (χ2n) is 2.44. The molecule has 9 heavy (non-hydrogen) atoms. The molecule has 1 rings (SSSR count). The van der Waals surface area contributed by atoms with Crippen LogP contribution in [0.15, 0.2) is 0 Å². The zero-order chi connectivity index (χ0) is 6.69. The molecule has 1 aliphatic heterocycles. The van der Waals surface area contributed by atoms with Crippen LogP contribution < -0.4 is 11.1 Å². The molecule has 0 aromatic rings. The first-order valence-corrected chi connectivity index (χ1v) is 3.38. The molecule has 3 heteroatoms. The Hall–Kier alpha value is -0.570. The predicted octanol–water partition coefficient (Wildman–Crippen LogP) is 0.0645. The van der Waals surface area contributed by atoms with Crippen molar-refractivity contribution in [3.63, 3.8) is 0 Å². The predicted molar refractivity (Wildman–Crippen MR) is 37.6 cm³/mol. The van der Waals surface area contributed by atoms with Crippen LogP contribution in [0.2, 0.25) is 0 Å². The fourth-order valence-corrected chi connectivity index (χ4v) is 0.988. The van der Waals surface area contributed by atoms with Gasteiger partial charge < -0.3 is 11.1 Å². The number of hydrogen-bond acceptors (Lipinski definition) is 2.